The van der Waals surface area contributed by atoms with Crippen LogP contribution in [0.15, 0.2) is 22.7 Å². The summed E-state index contributed by atoms with van der Waals surface area (Å²) >= 11 is 9.27. The highest BCUT2D eigenvalue weighted by Crippen LogP contribution is 2.38. The SMILES string of the molecule is CC1(C)OB(CCC(O)COc2ccc(Cl)cc2Br)OC1(C)C. The Morgan fingerprint density at radius 2 is 1.87 bits per heavy atom. The third-order valence-corrected chi connectivity index (χ3v) is 5.22. The van der Waals surface area contributed by atoms with Gasteiger partial charge in [0.2, 0.25) is 0 Å². The van der Waals surface area contributed by atoms with E-state index in [1.165, 1.54) is 0 Å². The summed E-state index contributed by atoms with van der Waals surface area (Å²) in [4.78, 5) is 0. The van der Waals surface area contributed by atoms with Gasteiger partial charge in [-0.2, -0.15) is 0 Å². The molecule has 1 unspecified atom stereocenters. The summed E-state index contributed by atoms with van der Waals surface area (Å²) in [5.74, 6) is 0.657. The van der Waals surface area contributed by atoms with Crippen molar-refractivity contribution in [2.75, 3.05) is 6.61 Å². The largest absolute Gasteiger partial charge is 0.490 e. The Labute approximate surface area is 151 Å². The van der Waals surface area contributed by atoms with E-state index >= 15 is 0 Å². The van der Waals surface area contributed by atoms with Gasteiger partial charge < -0.3 is 19.2 Å². The molecule has 1 aliphatic rings. The molecular weight excluding hydrogens is 382 g/mol. The monoisotopic (exact) mass is 404 g/mol. The Balaban J connectivity index is 1.77. The molecule has 2 rings (SSSR count). The molecule has 0 radical (unpaired) electrons. The standard InChI is InChI=1S/C16H23BBrClO4/c1-15(2)16(3,4)23-17(22-15)8-7-12(20)10-21-14-6-5-11(19)9-13(14)18/h5-6,9,12,20H,7-8,10H2,1-4H3. The van der Waals surface area contributed by atoms with Crippen molar-refractivity contribution in [3.63, 3.8) is 0 Å². The second kappa shape index (κ2) is 7.32. The fraction of sp³-hybridized carbons (Fsp3) is 0.625. The Kier molecular flexibility index (Phi) is 6.07. The molecule has 1 atom stereocenters. The number of halogens is 2. The molecule has 0 aromatic heterocycles. The van der Waals surface area contributed by atoms with E-state index in [0.717, 1.165) is 4.47 Å². The third kappa shape index (κ3) is 4.86. The lowest BCUT2D eigenvalue weighted by molar-refractivity contribution is 0.00578. The molecule has 1 aromatic carbocycles. The zero-order chi connectivity index (χ0) is 17.3. The lowest BCUT2D eigenvalue weighted by Crippen LogP contribution is -2.41. The second-order valence-electron chi connectivity index (χ2n) is 6.80. The molecule has 1 aromatic rings. The van der Waals surface area contributed by atoms with Crippen LogP contribution < -0.4 is 4.74 Å². The smallest absolute Gasteiger partial charge is 0.457 e. The highest BCUT2D eigenvalue weighted by molar-refractivity contribution is 9.10. The molecule has 0 bridgehead atoms. The fourth-order valence-electron chi connectivity index (χ4n) is 2.27. The van der Waals surface area contributed by atoms with Crippen LogP contribution >= 0.6 is 27.5 Å². The van der Waals surface area contributed by atoms with Crippen LogP contribution in [0.1, 0.15) is 34.1 Å². The van der Waals surface area contributed by atoms with Crippen molar-refractivity contribution in [3.05, 3.63) is 27.7 Å². The molecule has 4 nitrogen and oxygen atoms in total. The molecule has 1 N–H and O–H groups in total. The average molecular weight is 406 g/mol. The van der Waals surface area contributed by atoms with Gasteiger partial charge in [0.15, 0.2) is 0 Å². The predicted molar refractivity (Wildman–Crippen MR) is 96.2 cm³/mol. The molecule has 0 amide bonds. The summed E-state index contributed by atoms with van der Waals surface area (Å²) in [6.07, 6.45) is 0.581. The molecule has 0 aliphatic carbocycles. The van der Waals surface area contributed by atoms with E-state index in [1.807, 2.05) is 27.7 Å². The number of benzene rings is 1. The number of ether oxygens (including phenoxy) is 1. The summed E-state index contributed by atoms with van der Waals surface area (Å²) in [6, 6.07) is 5.28. The number of hydrogen-bond acceptors (Lipinski definition) is 4. The molecular formula is C16H23BBrClO4. The maximum absolute atomic E-state index is 10.1. The fourth-order valence-corrected chi connectivity index (χ4v) is 3.07. The Bertz CT molecular complexity index is 537. The van der Waals surface area contributed by atoms with Crippen molar-refractivity contribution in [3.8, 4) is 5.75 Å². The van der Waals surface area contributed by atoms with Crippen LogP contribution in [0.3, 0.4) is 0 Å². The maximum Gasteiger partial charge on any atom is 0.457 e. The molecule has 1 fully saturated rings. The molecule has 1 heterocycles. The maximum atomic E-state index is 10.1. The van der Waals surface area contributed by atoms with Gasteiger partial charge in [0.05, 0.1) is 21.8 Å². The molecule has 7 heteroatoms. The van der Waals surface area contributed by atoms with Crippen LogP contribution in [0, 0.1) is 0 Å². The molecule has 1 saturated heterocycles. The first-order valence-electron chi connectivity index (χ1n) is 7.72. The number of aliphatic hydroxyl groups is 1. The van der Waals surface area contributed by atoms with E-state index in [2.05, 4.69) is 15.9 Å². The van der Waals surface area contributed by atoms with Crippen LogP contribution in [0.4, 0.5) is 0 Å². The summed E-state index contributed by atoms with van der Waals surface area (Å²) in [5, 5.41) is 10.7. The van der Waals surface area contributed by atoms with E-state index in [9.17, 15) is 5.11 Å². The molecule has 1 aliphatic heterocycles. The molecule has 0 saturated carbocycles. The number of hydrogen-bond donors (Lipinski definition) is 1. The van der Waals surface area contributed by atoms with Gasteiger partial charge in [0.1, 0.15) is 12.4 Å². The molecule has 128 valence electrons. The minimum atomic E-state index is -0.586. The van der Waals surface area contributed by atoms with Gasteiger partial charge in [-0.05, 0) is 74.6 Å². The van der Waals surface area contributed by atoms with Gasteiger partial charge in [0.25, 0.3) is 0 Å². The summed E-state index contributed by atoms with van der Waals surface area (Å²) in [6.45, 7) is 8.28. The first-order valence-corrected chi connectivity index (χ1v) is 8.89. The van der Waals surface area contributed by atoms with Crippen LogP contribution in [0.2, 0.25) is 11.3 Å². The van der Waals surface area contributed by atoms with E-state index in [4.69, 9.17) is 25.6 Å². The Morgan fingerprint density at radius 3 is 2.43 bits per heavy atom. The summed E-state index contributed by atoms with van der Waals surface area (Å²) in [7, 11) is -0.295. The average Bonchev–Trinajstić information content (AvgIpc) is 2.63. The number of rotatable bonds is 6. The predicted octanol–water partition coefficient (Wildman–Crippen LogP) is 4.32. The van der Waals surface area contributed by atoms with Gasteiger partial charge in [0, 0.05) is 5.02 Å². The van der Waals surface area contributed by atoms with Crippen LogP contribution in [-0.2, 0) is 9.31 Å². The van der Waals surface area contributed by atoms with Crippen molar-refractivity contribution in [1.29, 1.82) is 0 Å². The first kappa shape index (κ1) is 19.1. The van der Waals surface area contributed by atoms with E-state index in [-0.39, 0.29) is 24.9 Å². The van der Waals surface area contributed by atoms with Gasteiger partial charge in [-0.25, -0.2) is 0 Å². The van der Waals surface area contributed by atoms with Crippen molar-refractivity contribution < 1.29 is 19.2 Å². The van der Waals surface area contributed by atoms with Crippen LogP contribution in [0.25, 0.3) is 0 Å². The summed E-state index contributed by atoms with van der Waals surface area (Å²) < 4.78 is 18.2. The minimum absolute atomic E-state index is 0.208. The highest BCUT2D eigenvalue weighted by Gasteiger charge is 2.50. The zero-order valence-electron chi connectivity index (χ0n) is 13.9. The van der Waals surface area contributed by atoms with Gasteiger partial charge in [-0.3, -0.25) is 0 Å². The van der Waals surface area contributed by atoms with Crippen molar-refractivity contribution in [1.82, 2.24) is 0 Å². The van der Waals surface area contributed by atoms with Crippen molar-refractivity contribution in [2.45, 2.75) is 57.7 Å². The highest BCUT2D eigenvalue weighted by atomic mass is 79.9. The Hall–Kier alpha value is -0.265. The van der Waals surface area contributed by atoms with E-state index in [0.29, 0.717) is 23.5 Å². The minimum Gasteiger partial charge on any atom is -0.490 e. The van der Waals surface area contributed by atoms with Gasteiger partial charge in [-0.15, -0.1) is 0 Å². The molecule has 0 spiro atoms. The third-order valence-electron chi connectivity index (χ3n) is 4.36. The molecule has 23 heavy (non-hydrogen) atoms. The second-order valence-corrected chi connectivity index (χ2v) is 8.09. The van der Waals surface area contributed by atoms with Crippen LogP contribution in [0.5, 0.6) is 5.75 Å². The van der Waals surface area contributed by atoms with E-state index in [1.54, 1.807) is 18.2 Å². The van der Waals surface area contributed by atoms with Crippen molar-refractivity contribution in [2.24, 2.45) is 0 Å². The first-order chi connectivity index (χ1) is 10.6. The van der Waals surface area contributed by atoms with Crippen LogP contribution in [-0.4, -0.2) is 36.1 Å². The van der Waals surface area contributed by atoms with Gasteiger partial charge >= 0.3 is 7.12 Å². The van der Waals surface area contributed by atoms with Crippen molar-refractivity contribution >= 4 is 34.6 Å². The van der Waals surface area contributed by atoms with E-state index < -0.39 is 6.10 Å². The number of aliphatic hydroxyl groups excluding tert-OH is 1. The van der Waals surface area contributed by atoms with Gasteiger partial charge in [-0.1, -0.05) is 11.6 Å². The Morgan fingerprint density at radius 1 is 1.26 bits per heavy atom. The summed E-state index contributed by atoms with van der Waals surface area (Å²) in [5.41, 5.74) is -0.680. The zero-order valence-corrected chi connectivity index (χ0v) is 16.3. The lowest BCUT2D eigenvalue weighted by atomic mass is 9.82. The normalized spacial score (nSPS) is 20.6. The topological polar surface area (TPSA) is 47.9 Å². The quantitative estimate of drug-likeness (QED) is 0.716. The lowest BCUT2D eigenvalue weighted by Gasteiger charge is -2.32.